The Hall–Kier alpha value is -2.32. The minimum atomic E-state index is -0.0222. The number of methoxy groups -OCH3 is 1. The van der Waals surface area contributed by atoms with Gasteiger partial charge < -0.3 is 15.0 Å². The molecule has 3 aromatic rings. The summed E-state index contributed by atoms with van der Waals surface area (Å²) in [5.41, 5.74) is 2.14. The van der Waals surface area contributed by atoms with Crippen LogP contribution in [0.3, 0.4) is 0 Å². The van der Waals surface area contributed by atoms with E-state index < -0.39 is 0 Å². The Morgan fingerprint density at radius 3 is 3.04 bits per heavy atom. The summed E-state index contributed by atoms with van der Waals surface area (Å²) in [6.07, 6.45) is 4.24. The van der Waals surface area contributed by atoms with Gasteiger partial charge in [0.2, 0.25) is 5.91 Å². The number of fused-ring (bicyclic) bond motifs is 1. The van der Waals surface area contributed by atoms with E-state index in [0.29, 0.717) is 24.9 Å². The van der Waals surface area contributed by atoms with Crippen molar-refractivity contribution < 1.29 is 9.53 Å². The highest BCUT2D eigenvalue weighted by Gasteiger charge is 2.31. The number of rotatable bonds is 8. The Morgan fingerprint density at radius 2 is 2.23 bits per heavy atom. The second kappa shape index (κ2) is 7.51. The predicted octanol–water partition coefficient (Wildman–Crippen LogP) is 2.62. The highest BCUT2D eigenvalue weighted by Crippen LogP contribution is 2.42. The van der Waals surface area contributed by atoms with E-state index in [1.807, 2.05) is 18.3 Å². The summed E-state index contributed by atoms with van der Waals surface area (Å²) in [6.45, 7) is 1.03. The van der Waals surface area contributed by atoms with Crippen LogP contribution in [-0.2, 0) is 9.53 Å². The molecule has 1 aliphatic carbocycles. The number of nitrogens with one attached hydrogen (secondary N) is 2. The van der Waals surface area contributed by atoms with Crippen molar-refractivity contribution in [1.82, 2.24) is 25.1 Å². The maximum absolute atomic E-state index is 11.9. The zero-order valence-corrected chi connectivity index (χ0v) is 15.4. The lowest BCUT2D eigenvalue weighted by Crippen LogP contribution is -2.28. The third-order valence-electron chi connectivity index (χ3n) is 4.37. The molecular formula is C18H21N5O2S. The Kier molecular flexibility index (Phi) is 4.94. The van der Waals surface area contributed by atoms with E-state index in [1.165, 1.54) is 11.8 Å². The summed E-state index contributed by atoms with van der Waals surface area (Å²) in [6, 6.07) is 8.60. The van der Waals surface area contributed by atoms with Crippen LogP contribution in [0.15, 0.2) is 35.6 Å². The largest absolute Gasteiger partial charge is 0.383 e. The molecule has 2 heterocycles. The molecule has 2 N–H and O–H groups in total. The van der Waals surface area contributed by atoms with Crippen molar-refractivity contribution in [3.8, 4) is 11.4 Å². The third kappa shape index (κ3) is 3.47. The summed E-state index contributed by atoms with van der Waals surface area (Å²) in [5.74, 6) is 1.17. The van der Waals surface area contributed by atoms with E-state index >= 15 is 0 Å². The molecule has 7 nitrogen and oxygen atoms in total. The summed E-state index contributed by atoms with van der Waals surface area (Å²) in [5, 5.41) is 13.6. The molecule has 0 aliphatic heterocycles. The first-order valence-electron chi connectivity index (χ1n) is 8.67. The van der Waals surface area contributed by atoms with Gasteiger partial charge >= 0.3 is 0 Å². The topological polar surface area (TPSA) is 84.8 Å². The standard InChI is InChI=1S/C18H21N5O2S/c1-25-9-8-19-16(24)11-26-18-22-21-17(23(18)12-6-7-12)14-10-20-15-5-3-2-4-13(14)15/h2-5,10,12,20H,6-9,11H2,1H3,(H,19,24). The lowest BCUT2D eigenvalue weighted by molar-refractivity contribution is -0.118. The van der Waals surface area contributed by atoms with Crippen molar-refractivity contribution in [2.75, 3.05) is 26.0 Å². The number of amides is 1. The van der Waals surface area contributed by atoms with Crippen molar-refractivity contribution in [2.24, 2.45) is 0 Å². The van der Waals surface area contributed by atoms with Gasteiger partial charge in [-0.3, -0.25) is 9.36 Å². The molecule has 1 saturated carbocycles. The van der Waals surface area contributed by atoms with Crippen LogP contribution in [0.1, 0.15) is 18.9 Å². The lowest BCUT2D eigenvalue weighted by atomic mass is 10.1. The normalized spacial score (nSPS) is 14.0. The average Bonchev–Trinajstić information content (AvgIpc) is 3.27. The monoisotopic (exact) mass is 371 g/mol. The average molecular weight is 371 g/mol. The van der Waals surface area contributed by atoms with Crippen LogP contribution in [0, 0.1) is 0 Å². The summed E-state index contributed by atoms with van der Waals surface area (Å²) < 4.78 is 7.13. The smallest absolute Gasteiger partial charge is 0.230 e. The second-order valence-corrected chi connectivity index (χ2v) is 7.23. The van der Waals surface area contributed by atoms with Gasteiger partial charge in [0.15, 0.2) is 11.0 Å². The molecule has 1 fully saturated rings. The number of hydrogen-bond donors (Lipinski definition) is 2. The summed E-state index contributed by atoms with van der Waals surface area (Å²) in [7, 11) is 1.62. The number of ether oxygens (including phenoxy) is 1. The summed E-state index contributed by atoms with van der Waals surface area (Å²) >= 11 is 1.43. The van der Waals surface area contributed by atoms with Crippen LogP contribution in [0.2, 0.25) is 0 Å². The minimum absolute atomic E-state index is 0.0222. The SMILES string of the molecule is COCCNC(=O)CSc1nnc(-c2c[nH]c3ccccc23)n1C1CC1. The number of benzene rings is 1. The number of nitrogens with zero attached hydrogens (tertiary/aromatic N) is 3. The first kappa shape index (κ1) is 17.1. The van der Waals surface area contributed by atoms with Gasteiger partial charge in [-0.15, -0.1) is 10.2 Å². The molecule has 4 rings (SSSR count). The molecule has 0 spiro atoms. The highest BCUT2D eigenvalue weighted by atomic mass is 32.2. The zero-order chi connectivity index (χ0) is 17.9. The number of carbonyl (C=O) groups is 1. The van der Waals surface area contributed by atoms with Gasteiger partial charge in [-0.25, -0.2) is 0 Å². The minimum Gasteiger partial charge on any atom is -0.383 e. The van der Waals surface area contributed by atoms with Crippen LogP contribution in [0.25, 0.3) is 22.3 Å². The molecule has 0 atom stereocenters. The Labute approximate surface area is 155 Å². The van der Waals surface area contributed by atoms with Crippen molar-refractivity contribution in [3.63, 3.8) is 0 Å². The fraction of sp³-hybridized carbons (Fsp3) is 0.389. The molecule has 1 amide bonds. The molecule has 0 unspecified atom stereocenters. The Balaban J connectivity index is 1.55. The second-order valence-electron chi connectivity index (χ2n) is 6.29. The Bertz CT molecular complexity index is 915. The maximum Gasteiger partial charge on any atom is 0.230 e. The van der Waals surface area contributed by atoms with Crippen molar-refractivity contribution in [1.29, 1.82) is 0 Å². The van der Waals surface area contributed by atoms with E-state index in [0.717, 1.165) is 40.3 Å². The number of H-pyrrole nitrogens is 1. The molecule has 26 heavy (non-hydrogen) atoms. The van der Waals surface area contributed by atoms with Crippen LogP contribution >= 0.6 is 11.8 Å². The van der Waals surface area contributed by atoms with Crippen LogP contribution in [0.5, 0.6) is 0 Å². The van der Waals surface area contributed by atoms with Crippen molar-refractivity contribution >= 4 is 28.6 Å². The number of thioether (sulfide) groups is 1. The van der Waals surface area contributed by atoms with Gasteiger partial charge in [-0.2, -0.15) is 0 Å². The number of hydrogen-bond acceptors (Lipinski definition) is 5. The molecule has 1 aliphatic rings. The number of carbonyl (C=O) groups excluding carboxylic acids is 1. The number of aromatic amines is 1. The van der Waals surface area contributed by atoms with Gasteiger partial charge in [-0.05, 0) is 18.9 Å². The molecule has 8 heteroatoms. The quantitative estimate of drug-likeness (QED) is 0.470. The zero-order valence-electron chi connectivity index (χ0n) is 14.6. The van der Waals surface area contributed by atoms with Crippen LogP contribution < -0.4 is 5.32 Å². The van der Waals surface area contributed by atoms with E-state index in [4.69, 9.17) is 4.74 Å². The fourth-order valence-corrected chi connectivity index (χ4v) is 3.79. The number of aromatic nitrogens is 4. The third-order valence-corrected chi connectivity index (χ3v) is 5.31. The van der Waals surface area contributed by atoms with Gasteiger partial charge in [0, 0.05) is 42.4 Å². The maximum atomic E-state index is 11.9. The lowest BCUT2D eigenvalue weighted by Gasteiger charge is -2.08. The highest BCUT2D eigenvalue weighted by molar-refractivity contribution is 7.99. The molecule has 136 valence electrons. The summed E-state index contributed by atoms with van der Waals surface area (Å²) in [4.78, 5) is 15.2. The Morgan fingerprint density at radius 1 is 1.38 bits per heavy atom. The molecule has 2 aromatic heterocycles. The van der Waals surface area contributed by atoms with E-state index in [2.05, 4.69) is 37.2 Å². The fourth-order valence-electron chi connectivity index (χ4n) is 2.95. The van der Waals surface area contributed by atoms with E-state index in [9.17, 15) is 4.79 Å². The molecule has 0 bridgehead atoms. The first-order chi connectivity index (χ1) is 12.8. The molecule has 0 radical (unpaired) electrons. The van der Waals surface area contributed by atoms with Gasteiger partial charge in [0.1, 0.15) is 0 Å². The molecular weight excluding hydrogens is 350 g/mol. The van der Waals surface area contributed by atoms with Crippen molar-refractivity contribution in [2.45, 2.75) is 24.0 Å². The predicted molar refractivity (Wildman–Crippen MR) is 101 cm³/mol. The molecule has 1 aromatic carbocycles. The van der Waals surface area contributed by atoms with E-state index in [1.54, 1.807) is 7.11 Å². The van der Waals surface area contributed by atoms with Gasteiger partial charge in [0.05, 0.1) is 12.4 Å². The number of para-hydroxylation sites is 1. The van der Waals surface area contributed by atoms with Crippen LogP contribution in [-0.4, -0.2) is 51.7 Å². The van der Waals surface area contributed by atoms with E-state index in [-0.39, 0.29) is 5.91 Å². The van der Waals surface area contributed by atoms with Crippen molar-refractivity contribution in [3.05, 3.63) is 30.5 Å². The molecule has 0 saturated heterocycles. The van der Waals surface area contributed by atoms with Gasteiger partial charge in [-0.1, -0.05) is 30.0 Å². The van der Waals surface area contributed by atoms with Gasteiger partial charge in [0.25, 0.3) is 0 Å². The first-order valence-corrected chi connectivity index (χ1v) is 9.66. The van der Waals surface area contributed by atoms with Crippen LogP contribution in [0.4, 0.5) is 0 Å².